The molecule has 0 fully saturated rings. The topological polar surface area (TPSA) is 9.23 Å². The molecule has 0 N–H and O–H groups in total. The molecule has 0 aliphatic rings. The van der Waals surface area contributed by atoms with Crippen LogP contribution in [0, 0.1) is 0 Å². The standard InChI is InChI=1S/C13H14OS/c1-3-10-4-6-11(7-5-10)12-8-15-9-13(12)14-2/h4-9H,3H2,1-2H3. The Morgan fingerprint density at radius 2 is 1.87 bits per heavy atom. The first-order chi connectivity index (χ1) is 7.35. The summed E-state index contributed by atoms with van der Waals surface area (Å²) in [7, 11) is 1.71. The van der Waals surface area contributed by atoms with Gasteiger partial charge in [-0.3, -0.25) is 0 Å². The molecule has 0 atom stereocenters. The molecule has 1 aromatic carbocycles. The summed E-state index contributed by atoms with van der Waals surface area (Å²) in [6.07, 6.45) is 1.08. The quantitative estimate of drug-likeness (QED) is 0.757. The highest BCUT2D eigenvalue weighted by molar-refractivity contribution is 7.08. The van der Waals surface area contributed by atoms with Gasteiger partial charge in [0.15, 0.2) is 0 Å². The summed E-state index contributed by atoms with van der Waals surface area (Å²) in [6, 6.07) is 8.66. The van der Waals surface area contributed by atoms with Crippen LogP contribution in [0.3, 0.4) is 0 Å². The van der Waals surface area contributed by atoms with Crippen molar-refractivity contribution in [2.45, 2.75) is 13.3 Å². The molecule has 78 valence electrons. The van der Waals surface area contributed by atoms with E-state index >= 15 is 0 Å². The largest absolute Gasteiger partial charge is 0.495 e. The molecule has 0 saturated heterocycles. The molecule has 0 unspecified atom stereocenters. The van der Waals surface area contributed by atoms with E-state index in [1.165, 1.54) is 16.7 Å². The van der Waals surface area contributed by atoms with Crippen molar-refractivity contribution < 1.29 is 4.74 Å². The third kappa shape index (κ3) is 2.05. The van der Waals surface area contributed by atoms with Gasteiger partial charge in [-0.05, 0) is 17.5 Å². The number of rotatable bonds is 3. The number of methoxy groups -OCH3 is 1. The van der Waals surface area contributed by atoms with Gasteiger partial charge in [-0.2, -0.15) is 0 Å². The second-order valence-electron chi connectivity index (χ2n) is 3.40. The molecule has 2 aromatic rings. The maximum Gasteiger partial charge on any atom is 0.137 e. The molecule has 0 bridgehead atoms. The lowest BCUT2D eigenvalue weighted by molar-refractivity contribution is 0.418. The average molecular weight is 218 g/mol. The lowest BCUT2D eigenvalue weighted by Crippen LogP contribution is -1.84. The number of thiophene rings is 1. The SMILES string of the molecule is CCc1ccc(-c2cscc2OC)cc1. The minimum absolute atomic E-state index is 0.962. The molecular formula is C13H14OS. The average Bonchev–Trinajstić information content (AvgIpc) is 2.77. The van der Waals surface area contributed by atoms with E-state index in [4.69, 9.17) is 4.74 Å². The smallest absolute Gasteiger partial charge is 0.137 e. The van der Waals surface area contributed by atoms with Crippen molar-refractivity contribution in [2.75, 3.05) is 7.11 Å². The van der Waals surface area contributed by atoms with Crippen LogP contribution in [0.15, 0.2) is 35.0 Å². The molecule has 0 amide bonds. The number of hydrogen-bond donors (Lipinski definition) is 0. The normalized spacial score (nSPS) is 10.3. The van der Waals surface area contributed by atoms with Gasteiger partial charge in [0.1, 0.15) is 5.75 Å². The molecule has 1 aromatic heterocycles. The van der Waals surface area contributed by atoms with Crippen LogP contribution in [0.1, 0.15) is 12.5 Å². The van der Waals surface area contributed by atoms with E-state index < -0.39 is 0 Å². The van der Waals surface area contributed by atoms with Crippen LogP contribution in [0.5, 0.6) is 5.75 Å². The summed E-state index contributed by atoms with van der Waals surface area (Å²) in [5.74, 6) is 0.962. The van der Waals surface area contributed by atoms with E-state index in [-0.39, 0.29) is 0 Å². The van der Waals surface area contributed by atoms with Crippen molar-refractivity contribution >= 4 is 11.3 Å². The van der Waals surface area contributed by atoms with Crippen LogP contribution in [0.2, 0.25) is 0 Å². The number of ether oxygens (including phenoxy) is 1. The molecule has 0 saturated carbocycles. The fraction of sp³-hybridized carbons (Fsp3) is 0.231. The zero-order chi connectivity index (χ0) is 10.7. The molecule has 15 heavy (non-hydrogen) atoms. The maximum atomic E-state index is 5.31. The Hall–Kier alpha value is -1.28. The molecule has 0 aliphatic carbocycles. The third-order valence-electron chi connectivity index (χ3n) is 2.52. The monoisotopic (exact) mass is 218 g/mol. The molecule has 0 spiro atoms. The first-order valence-corrected chi connectivity index (χ1v) is 5.99. The molecule has 0 radical (unpaired) electrons. The van der Waals surface area contributed by atoms with Crippen molar-refractivity contribution in [2.24, 2.45) is 0 Å². The molecule has 2 heteroatoms. The highest BCUT2D eigenvalue weighted by Gasteiger charge is 2.05. The zero-order valence-corrected chi connectivity index (χ0v) is 9.80. The Morgan fingerprint density at radius 1 is 1.13 bits per heavy atom. The van der Waals surface area contributed by atoms with Gasteiger partial charge < -0.3 is 4.74 Å². The van der Waals surface area contributed by atoms with Crippen LogP contribution in [0.25, 0.3) is 11.1 Å². The highest BCUT2D eigenvalue weighted by Crippen LogP contribution is 2.33. The summed E-state index contributed by atoms with van der Waals surface area (Å²) >= 11 is 1.67. The Balaban J connectivity index is 2.37. The van der Waals surface area contributed by atoms with Crippen molar-refractivity contribution in [3.63, 3.8) is 0 Å². The number of aryl methyl sites for hydroxylation is 1. The van der Waals surface area contributed by atoms with Gasteiger partial charge in [0.25, 0.3) is 0 Å². The third-order valence-corrected chi connectivity index (χ3v) is 3.24. The van der Waals surface area contributed by atoms with Crippen LogP contribution >= 0.6 is 11.3 Å². The second kappa shape index (κ2) is 4.49. The van der Waals surface area contributed by atoms with E-state index in [9.17, 15) is 0 Å². The van der Waals surface area contributed by atoms with Gasteiger partial charge in [0.2, 0.25) is 0 Å². The van der Waals surface area contributed by atoms with E-state index in [0.29, 0.717) is 0 Å². The van der Waals surface area contributed by atoms with Crippen LogP contribution in [-0.4, -0.2) is 7.11 Å². The van der Waals surface area contributed by atoms with Gasteiger partial charge in [-0.1, -0.05) is 31.2 Å². The van der Waals surface area contributed by atoms with E-state index in [0.717, 1.165) is 12.2 Å². The fourth-order valence-corrected chi connectivity index (χ4v) is 2.38. The molecule has 2 rings (SSSR count). The predicted molar refractivity (Wildman–Crippen MR) is 65.7 cm³/mol. The lowest BCUT2D eigenvalue weighted by atomic mass is 10.1. The van der Waals surface area contributed by atoms with Crippen molar-refractivity contribution in [1.29, 1.82) is 0 Å². The van der Waals surface area contributed by atoms with E-state index in [1.54, 1.807) is 18.4 Å². The zero-order valence-electron chi connectivity index (χ0n) is 8.99. The minimum Gasteiger partial charge on any atom is -0.495 e. The van der Waals surface area contributed by atoms with Gasteiger partial charge in [-0.15, -0.1) is 11.3 Å². The van der Waals surface area contributed by atoms with Crippen LogP contribution in [0.4, 0.5) is 0 Å². The first-order valence-electron chi connectivity index (χ1n) is 5.04. The van der Waals surface area contributed by atoms with E-state index in [1.807, 2.05) is 5.38 Å². The molecule has 1 nitrogen and oxygen atoms in total. The summed E-state index contributed by atoms with van der Waals surface area (Å²) in [5.41, 5.74) is 3.78. The second-order valence-corrected chi connectivity index (χ2v) is 4.15. The lowest BCUT2D eigenvalue weighted by Gasteiger charge is -2.03. The van der Waals surface area contributed by atoms with Crippen molar-refractivity contribution in [3.8, 4) is 16.9 Å². The van der Waals surface area contributed by atoms with Crippen LogP contribution in [-0.2, 0) is 6.42 Å². The Morgan fingerprint density at radius 3 is 2.47 bits per heavy atom. The summed E-state index contributed by atoms with van der Waals surface area (Å²) in [4.78, 5) is 0. The maximum absolute atomic E-state index is 5.31. The Bertz CT molecular complexity index is 428. The number of hydrogen-bond acceptors (Lipinski definition) is 2. The van der Waals surface area contributed by atoms with Gasteiger partial charge in [0.05, 0.1) is 7.11 Å². The highest BCUT2D eigenvalue weighted by atomic mass is 32.1. The molecular weight excluding hydrogens is 204 g/mol. The Kier molecular flexibility index (Phi) is 3.07. The van der Waals surface area contributed by atoms with Gasteiger partial charge in [-0.25, -0.2) is 0 Å². The minimum atomic E-state index is 0.962. The molecule has 1 heterocycles. The van der Waals surface area contributed by atoms with Crippen molar-refractivity contribution in [3.05, 3.63) is 40.6 Å². The van der Waals surface area contributed by atoms with E-state index in [2.05, 4.69) is 36.6 Å². The first kappa shape index (κ1) is 10.2. The summed E-state index contributed by atoms with van der Waals surface area (Å²) in [5, 5.41) is 4.16. The van der Waals surface area contributed by atoms with Gasteiger partial charge in [0, 0.05) is 16.3 Å². The summed E-state index contributed by atoms with van der Waals surface area (Å²) in [6.45, 7) is 2.17. The van der Waals surface area contributed by atoms with Crippen molar-refractivity contribution in [1.82, 2.24) is 0 Å². The van der Waals surface area contributed by atoms with Crippen LogP contribution < -0.4 is 4.74 Å². The molecule has 0 aliphatic heterocycles. The Labute approximate surface area is 94.3 Å². The number of benzene rings is 1. The predicted octanol–water partition coefficient (Wildman–Crippen LogP) is 3.99. The van der Waals surface area contributed by atoms with Gasteiger partial charge >= 0.3 is 0 Å². The summed E-state index contributed by atoms with van der Waals surface area (Å²) < 4.78 is 5.31. The fourth-order valence-electron chi connectivity index (χ4n) is 1.57.